The molecule has 1 rings (SSSR count). The highest BCUT2D eigenvalue weighted by Gasteiger charge is 2.00. The predicted octanol–water partition coefficient (Wildman–Crippen LogP) is 2.67. The Morgan fingerprint density at radius 3 is 2.71 bits per heavy atom. The summed E-state index contributed by atoms with van der Waals surface area (Å²) in [7, 11) is 0. The van der Waals surface area contributed by atoms with Crippen LogP contribution in [-0.4, -0.2) is 0 Å². The van der Waals surface area contributed by atoms with Gasteiger partial charge in [0.15, 0.2) is 0 Å². The fourth-order valence-corrected chi connectivity index (χ4v) is 1.14. The SMILES string of the molecule is C=C(C)OC(=C)c1cccc(CN)c1. The Hall–Kier alpha value is -1.54. The van der Waals surface area contributed by atoms with Crippen LogP contribution in [0.5, 0.6) is 0 Å². The number of benzene rings is 1. The van der Waals surface area contributed by atoms with E-state index in [2.05, 4.69) is 13.2 Å². The molecule has 2 nitrogen and oxygen atoms in total. The summed E-state index contributed by atoms with van der Waals surface area (Å²) in [5, 5.41) is 0. The van der Waals surface area contributed by atoms with Crippen LogP contribution in [0.4, 0.5) is 0 Å². The highest BCUT2D eigenvalue weighted by atomic mass is 16.5. The molecule has 0 amide bonds. The lowest BCUT2D eigenvalue weighted by Gasteiger charge is -2.08. The number of rotatable bonds is 4. The molecule has 14 heavy (non-hydrogen) atoms. The van der Waals surface area contributed by atoms with Crippen molar-refractivity contribution < 1.29 is 4.74 Å². The van der Waals surface area contributed by atoms with E-state index in [-0.39, 0.29) is 0 Å². The van der Waals surface area contributed by atoms with E-state index in [0.717, 1.165) is 11.1 Å². The fourth-order valence-electron chi connectivity index (χ4n) is 1.14. The number of ether oxygens (including phenoxy) is 1. The van der Waals surface area contributed by atoms with E-state index in [1.165, 1.54) is 0 Å². The first-order chi connectivity index (χ1) is 6.63. The molecule has 0 heterocycles. The van der Waals surface area contributed by atoms with Crippen LogP contribution in [0, 0.1) is 0 Å². The van der Waals surface area contributed by atoms with Crippen molar-refractivity contribution >= 4 is 5.76 Å². The Morgan fingerprint density at radius 2 is 2.14 bits per heavy atom. The maximum absolute atomic E-state index is 5.53. The molecule has 0 spiro atoms. The second kappa shape index (κ2) is 4.63. The van der Waals surface area contributed by atoms with Crippen LogP contribution in [0.2, 0.25) is 0 Å². The Balaban J connectivity index is 2.84. The molecule has 0 saturated heterocycles. The van der Waals surface area contributed by atoms with Crippen LogP contribution in [-0.2, 0) is 11.3 Å². The van der Waals surface area contributed by atoms with Crippen molar-refractivity contribution in [3.8, 4) is 0 Å². The largest absolute Gasteiger partial charge is 0.463 e. The van der Waals surface area contributed by atoms with Gasteiger partial charge < -0.3 is 10.5 Å². The van der Waals surface area contributed by atoms with Crippen LogP contribution >= 0.6 is 0 Å². The van der Waals surface area contributed by atoms with Crippen molar-refractivity contribution in [2.75, 3.05) is 0 Å². The van der Waals surface area contributed by atoms with Crippen LogP contribution in [0.15, 0.2) is 43.2 Å². The molecule has 0 bridgehead atoms. The van der Waals surface area contributed by atoms with Gasteiger partial charge in [-0.15, -0.1) is 0 Å². The molecule has 0 aromatic heterocycles. The second-order valence-electron chi connectivity index (χ2n) is 3.13. The summed E-state index contributed by atoms with van der Waals surface area (Å²) < 4.78 is 5.31. The highest BCUT2D eigenvalue weighted by molar-refractivity contribution is 5.58. The summed E-state index contributed by atoms with van der Waals surface area (Å²) in [6.07, 6.45) is 0. The standard InChI is InChI=1S/C12H15NO/c1-9(2)14-10(3)12-6-4-5-11(7-12)8-13/h4-7H,1,3,8,13H2,2H3. The molecule has 2 N–H and O–H groups in total. The summed E-state index contributed by atoms with van der Waals surface area (Å²) in [6, 6.07) is 7.80. The van der Waals surface area contributed by atoms with Crippen molar-refractivity contribution in [1.29, 1.82) is 0 Å². The first-order valence-electron chi connectivity index (χ1n) is 4.45. The lowest BCUT2D eigenvalue weighted by Crippen LogP contribution is -1.97. The van der Waals surface area contributed by atoms with Gasteiger partial charge in [0.05, 0.1) is 5.76 Å². The quantitative estimate of drug-likeness (QED) is 0.739. The van der Waals surface area contributed by atoms with Gasteiger partial charge in [0.25, 0.3) is 0 Å². The van der Waals surface area contributed by atoms with Crippen molar-refractivity contribution in [1.82, 2.24) is 0 Å². The molecule has 0 saturated carbocycles. The van der Waals surface area contributed by atoms with Crippen LogP contribution < -0.4 is 5.73 Å². The predicted molar refractivity (Wildman–Crippen MR) is 59.3 cm³/mol. The van der Waals surface area contributed by atoms with E-state index >= 15 is 0 Å². The van der Waals surface area contributed by atoms with E-state index in [0.29, 0.717) is 18.1 Å². The third-order valence-corrected chi connectivity index (χ3v) is 1.78. The molecular formula is C12H15NO. The Kier molecular flexibility index (Phi) is 3.48. The molecule has 2 heteroatoms. The van der Waals surface area contributed by atoms with E-state index in [1.54, 1.807) is 6.92 Å². The molecule has 1 aromatic carbocycles. The van der Waals surface area contributed by atoms with Crippen LogP contribution in [0.25, 0.3) is 5.76 Å². The molecule has 0 aliphatic heterocycles. The Bertz CT molecular complexity index is 355. The third-order valence-electron chi connectivity index (χ3n) is 1.78. The van der Waals surface area contributed by atoms with Crippen LogP contribution in [0.1, 0.15) is 18.1 Å². The normalized spacial score (nSPS) is 9.57. The molecule has 0 aliphatic rings. The molecular weight excluding hydrogens is 174 g/mol. The number of hydrogen-bond acceptors (Lipinski definition) is 2. The second-order valence-corrected chi connectivity index (χ2v) is 3.13. The van der Waals surface area contributed by atoms with Gasteiger partial charge in [-0.05, 0) is 18.6 Å². The first-order valence-corrected chi connectivity index (χ1v) is 4.45. The lowest BCUT2D eigenvalue weighted by molar-refractivity contribution is 0.388. The van der Waals surface area contributed by atoms with Crippen molar-refractivity contribution in [3.63, 3.8) is 0 Å². The topological polar surface area (TPSA) is 35.2 Å². The fraction of sp³-hybridized carbons (Fsp3) is 0.167. The summed E-state index contributed by atoms with van der Waals surface area (Å²) in [5.74, 6) is 1.24. The molecule has 0 aliphatic carbocycles. The lowest BCUT2D eigenvalue weighted by atomic mass is 10.1. The smallest absolute Gasteiger partial charge is 0.126 e. The minimum atomic E-state index is 0.522. The average Bonchev–Trinajstić information content (AvgIpc) is 2.17. The molecule has 0 unspecified atom stereocenters. The molecule has 1 aromatic rings. The van der Waals surface area contributed by atoms with Gasteiger partial charge in [-0.25, -0.2) is 0 Å². The molecule has 0 atom stereocenters. The van der Waals surface area contributed by atoms with Gasteiger partial charge in [0.2, 0.25) is 0 Å². The van der Waals surface area contributed by atoms with E-state index in [9.17, 15) is 0 Å². The van der Waals surface area contributed by atoms with Gasteiger partial charge in [0.1, 0.15) is 5.76 Å². The molecule has 0 radical (unpaired) electrons. The van der Waals surface area contributed by atoms with E-state index < -0.39 is 0 Å². The summed E-state index contributed by atoms with van der Waals surface area (Å²) in [4.78, 5) is 0. The monoisotopic (exact) mass is 189 g/mol. The average molecular weight is 189 g/mol. The van der Waals surface area contributed by atoms with E-state index in [1.807, 2.05) is 24.3 Å². The van der Waals surface area contributed by atoms with Crippen molar-refractivity contribution in [2.45, 2.75) is 13.5 Å². The minimum Gasteiger partial charge on any atom is -0.463 e. The van der Waals surface area contributed by atoms with Gasteiger partial charge in [-0.1, -0.05) is 31.4 Å². The van der Waals surface area contributed by atoms with Gasteiger partial charge >= 0.3 is 0 Å². The summed E-state index contributed by atoms with van der Waals surface area (Å²) in [6.45, 7) is 9.78. The molecule has 0 fully saturated rings. The molecule has 74 valence electrons. The van der Waals surface area contributed by atoms with Crippen molar-refractivity contribution in [2.24, 2.45) is 5.73 Å². The number of nitrogens with two attached hydrogens (primary N) is 1. The first kappa shape index (κ1) is 10.5. The number of hydrogen-bond donors (Lipinski definition) is 1. The zero-order valence-corrected chi connectivity index (χ0v) is 8.42. The summed E-state index contributed by atoms with van der Waals surface area (Å²) in [5.41, 5.74) is 7.54. The highest BCUT2D eigenvalue weighted by Crippen LogP contribution is 2.17. The van der Waals surface area contributed by atoms with Crippen molar-refractivity contribution in [3.05, 3.63) is 54.3 Å². The van der Waals surface area contributed by atoms with Crippen LogP contribution in [0.3, 0.4) is 0 Å². The Labute approximate surface area is 84.7 Å². The summed E-state index contributed by atoms with van der Waals surface area (Å²) >= 11 is 0. The van der Waals surface area contributed by atoms with Gasteiger partial charge in [0, 0.05) is 12.1 Å². The van der Waals surface area contributed by atoms with E-state index in [4.69, 9.17) is 10.5 Å². The minimum absolute atomic E-state index is 0.522. The van der Waals surface area contributed by atoms with Gasteiger partial charge in [-0.2, -0.15) is 0 Å². The van der Waals surface area contributed by atoms with Gasteiger partial charge in [-0.3, -0.25) is 0 Å². The zero-order valence-electron chi connectivity index (χ0n) is 8.42. The zero-order chi connectivity index (χ0) is 10.6. The Morgan fingerprint density at radius 1 is 1.43 bits per heavy atom. The maximum Gasteiger partial charge on any atom is 0.126 e. The third kappa shape index (κ3) is 2.75. The number of allylic oxidation sites excluding steroid dienone is 1. The maximum atomic E-state index is 5.53.